The Balaban J connectivity index is 1.93. The molecule has 0 aliphatic rings. The first-order valence-electron chi connectivity index (χ1n) is 11.5. The summed E-state index contributed by atoms with van der Waals surface area (Å²) in [7, 11) is 1.15. The Labute approximate surface area is 214 Å². The van der Waals surface area contributed by atoms with Crippen LogP contribution in [0.3, 0.4) is 0 Å². The van der Waals surface area contributed by atoms with Crippen LogP contribution in [0.1, 0.15) is 54.2 Å². The summed E-state index contributed by atoms with van der Waals surface area (Å²) < 4.78 is 53.4. The van der Waals surface area contributed by atoms with E-state index in [9.17, 15) is 27.6 Å². The number of hydrogen-bond donors (Lipinski definition) is 0. The molecular weight excluding hydrogens is 489 g/mol. The average Bonchev–Trinajstić information content (AvgIpc) is 2.83. The van der Waals surface area contributed by atoms with Crippen molar-refractivity contribution >= 4 is 17.7 Å². The van der Waals surface area contributed by atoms with Crippen LogP contribution in [0.4, 0.5) is 13.2 Å². The quantitative estimate of drug-likeness (QED) is 0.153. The number of alkyl halides is 3. The third-order valence-electron chi connectivity index (χ3n) is 5.02. The third-order valence-corrected chi connectivity index (χ3v) is 5.02. The standard InChI is InChI=1S/C28H29F3O6/c1-27(2,3)37-24(32)18-36-17-5-6-19-7-9-20(10-8-19)11-16-23(26(34)35-4)25(33)21-12-14-22(15-13-21)28(29,30)31/h7-10,12-15,23H,11,16-18H2,1-4H3. The number of ether oxygens (including phenoxy) is 3. The molecule has 0 radical (unpaired) electrons. The SMILES string of the molecule is COC(=O)C(CCc1ccc(C#CCOCC(=O)OC(C)(C)C)cc1)C(=O)c1ccc(C(F)(F)F)cc1. The van der Waals surface area contributed by atoms with Crippen molar-refractivity contribution in [2.45, 2.75) is 45.4 Å². The van der Waals surface area contributed by atoms with Gasteiger partial charge < -0.3 is 14.2 Å². The molecule has 1 unspecified atom stereocenters. The van der Waals surface area contributed by atoms with E-state index in [0.717, 1.165) is 36.9 Å². The van der Waals surface area contributed by atoms with Gasteiger partial charge in [0.15, 0.2) is 5.78 Å². The second-order valence-corrected chi connectivity index (χ2v) is 9.13. The van der Waals surface area contributed by atoms with Crippen LogP contribution in [0.25, 0.3) is 0 Å². The number of aryl methyl sites for hydroxylation is 1. The smallest absolute Gasteiger partial charge is 0.416 e. The highest BCUT2D eigenvalue weighted by Crippen LogP contribution is 2.29. The van der Waals surface area contributed by atoms with Gasteiger partial charge in [0.05, 0.1) is 12.7 Å². The molecule has 2 aromatic rings. The second-order valence-electron chi connectivity index (χ2n) is 9.13. The van der Waals surface area contributed by atoms with Crippen molar-refractivity contribution in [3.05, 3.63) is 70.8 Å². The highest BCUT2D eigenvalue weighted by Gasteiger charge is 2.32. The summed E-state index contributed by atoms with van der Waals surface area (Å²) >= 11 is 0. The van der Waals surface area contributed by atoms with Gasteiger partial charge in [-0.3, -0.25) is 9.59 Å². The van der Waals surface area contributed by atoms with Crippen LogP contribution in [0.15, 0.2) is 48.5 Å². The summed E-state index contributed by atoms with van der Waals surface area (Å²) in [5.41, 5.74) is 0.0791. The van der Waals surface area contributed by atoms with Crippen molar-refractivity contribution in [3.63, 3.8) is 0 Å². The normalized spacial score (nSPS) is 12.2. The fourth-order valence-electron chi connectivity index (χ4n) is 3.28. The molecule has 2 rings (SSSR count). The van der Waals surface area contributed by atoms with Gasteiger partial charge in [0.2, 0.25) is 0 Å². The predicted molar refractivity (Wildman–Crippen MR) is 130 cm³/mol. The van der Waals surface area contributed by atoms with Crippen LogP contribution in [0.5, 0.6) is 0 Å². The summed E-state index contributed by atoms with van der Waals surface area (Å²) in [6.07, 6.45) is -4.04. The number of methoxy groups -OCH3 is 1. The Morgan fingerprint density at radius 3 is 2.11 bits per heavy atom. The van der Waals surface area contributed by atoms with E-state index >= 15 is 0 Å². The number of carbonyl (C=O) groups is 3. The second kappa shape index (κ2) is 13.1. The molecule has 6 nitrogen and oxygen atoms in total. The molecule has 0 heterocycles. The van der Waals surface area contributed by atoms with E-state index in [2.05, 4.69) is 11.8 Å². The summed E-state index contributed by atoms with van der Waals surface area (Å²) in [5.74, 6) is 2.73. The van der Waals surface area contributed by atoms with Gasteiger partial charge in [0.25, 0.3) is 0 Å². The van der Waals surface area contributed by atoms with Crippen LogP contribution in [-0.4, -0.2) is 43.6 Å². The Bertz CT molecular complexity index is 1130. The van der Waals surface area contributed by atoms with Gasteiger partial charge in [-0.05, 0) is 63.4 Å². The Kier molecular flexibility index (Phi) is 10.4. The molecule has 198 valence electrons. The lowest BCUT2D eigenvalue weighted by Gasteiger charge is -2.19. The van der Waals surface area contributed by atoms with Crippen LogP contribution in [-0.2, 0) is 36.4 Å². The largest absolute Gasteiger partial charge is 0.468 e. The number of halogens is 3. The molecule has 0 amide bonds. The average molecular weight is 519 g/mol. The topological polar surface area (TPSA) is 78.9 Å². The van der Waals surface area contributed by atoms with Gasteiger partial charge in [-0.2, -0.15) is 13.2 Å². The van der Waals surface area contributed by atoms with Gasteiger partial charge in [-0.25, -0.2) is 4.79 Å². The van der Waals surface area contributed by atoms with Crippen molar-refractivity contribution in [2.24, 2.45) is 5.92 Å². The minimum atomic E-state index is -4.52. The van der Waals surface area contributed by atoms with Gasteiger partial charge in [0, 0.05) is 11.1 Å². The molecule has 37 heavy (non-hydrogen) atoms. The van der Waals surface area contributed by atoms with Crippen molar-refractivity contribution in [1.82, 2.24) is 0 Å². The zero-order valence-electron chi connectivity index (χ0n) is 21.1. The maximum atomic E-state index is 12.8. The Hall–Kier alpha value is -3.64. The summed E-state index contributed by atoms with van der Waals surface area (Å²) in [6.45, 7) is 5.15. The molecule has 0 N–H and O–H groups in total. The maximum Gasteiger partial charge on any atom is 0.416 e. The lowest BCUT2D eigenvalue weighted by Crippen LogP contribution is -2.26. The number of carbonyl (C=O) groups excluding carboxylic acids is 3. The first-order valence-corrected chi connectivity index (χ1v) is 11.5. The molecule has 0 aromatic heterocycles. The van der Waals surface area contributed by atoms with Gasteiger partial charge >= 0.3 is 18.1 Å². The van der Waals surface area contributed by atoms with Crippen molar-refractivity contribution in [1.29, 1.82) is 0 Å². The predicted octanol–water partition coefficient (Wildman–Crippen LogP) is 5.02. The summed E-state index contributed by atoms with van der Waals surface area (Å²) in [4.78, 5) is 36.6. The molecule has 0 aliphatic carbocycles. The van der Waals surface area contributed by atoms with Gasteiger partial charge in [-0.15, -0.1) is 0 Å². The van der Waals surface area contributed by atoms with E-state index in [-0.39, 0.29) is 25.2 Å². The molecule has 0 bridgehead atoms. The molecule has 1 atom stereocenters. The number of benzene rings is 2. The van der Waals surface area contributed by atoms with E-state index in [1.165, 1.54) is 0 Å². The number of Topliss-reactive ketones (excluding diaryl/α,β-unsaturated/α-hetero) is 1. The molecule has 2 aromatic carbocycles. The van der Waals surface area contributed by atoms with Crippen LogP contribution in [0.2, 0.25) is 0 Å². The van der Waals surface area contributed by atoms with E-state index in [0.29, 0.717) is 12.0 Å². The molecule has 0 spiro atoms. The van der Waals surface area contributed by atoms with Gasteiger partial charge in [0.1, 0.15) is 24.7 Å². The molecule has 0 saturated carbocycles. The van der Waals surface area contributed by atoms with Crippen molar-refractivity contribution in [2.75, 3.05) is 20.3 Å². The van der Waals surface area contributed by atoms with E-state index in [1.54, 1.807) is 45.0 Å². The zero-order chi connectivity index (χ0) is 27.6. The highest BCUT2D eigenvalue weighted by molar-refractivity contribution is 6.08. The Morgan fingerprint density at radius 1 is 0.946 bits per heavy atom. The monoisotopic (exact) mass is 518 g/mol. The first-order chi connectivity index (χ1) is 17.3. The number of hydrogen-bond acceptors (Lipinski definition) is 6. The third kappa shape index (κ3) is 10.1. The highest BCUT2D eigenvalue weighted by atomic mass is 19.4. The molecule has 0 saturated heterocycles. The first kappa shape index (κ1) is 29.6. The number of ketones is 1. The Morgan fingerprint density at radius 2 is 1.57 bits per heavy atom. The van der Waals surface area contributed by atoms with Crippen LogP contribution >= 0.6 is 0 Å². The van der Waals surface area contributed by atoms with Crippen LogP contribution < -0.4 is 0 Å². The minimum absolute atomic E-state index is 0.00269. The lowest BCUT2D eigenvalue weighted by atomic mass is 9.91. The van der Waals surface area contributed by atoms with Crippen LogP contribution in [0, 0.1) is 17.8 Å². The number of rotatable bonds is 9. The van der Waals surface area contributed by atoms with Crippen molar-refractivity contribution in [3.8, 4) is 11.8 Å². The van der Waals surface area contributed by atoms with Crippen molar-refractivity contribution < 1.29 is 41.8 Å². The minimum Gasteiger partial charge on any atom is -0.468 e. The molecular formula is C28H29F3O6. The molecule has 9 heteroatoms. The lowest BCUT2D eigenvalue weighted by molar-refractivity contribution is -0.159. The zero-order valence-corrected chi connectivity index (χ0v) is 21.1. The molecule has 0 aliphatic heterocycles. The van der Waals surface area contributed by atoms with E-state index in [1.807, 2.05) is 0 Å². The number of esters is 2. The maximum absolute atomic E-state index is 12.8. The summed E-state index contributed by atoms with van der Waals surface area (Å²) in [6, 6.07) is 10.9. The molecule has 0 fully saturated rings. The van der Waals surface area contributed by atoms with E-state index in [4.69, 9.17) is 14.2 Å². The summed E-state index contributed by atoms with van der Waals surface area (Å²) in [5, 5.41) is 0. The fraction of sp³-hybridized carbons (Fsp3) is 0.393. The fourth-order valence-corrected chi connectivity index (χ4v) is 3.28. The van der Waals surface area contributed by atoms with E-state index < -0.39 is 41.0 Å². The van der Waals surface area contributed by atoms with Gasteiger partial charge in [-0.1, -0.05) is 36.1 Å².